The van der Waals surface area contributed by atoms with Crippen molar-refractivity contribution < 1.29 is 4.52 Å². The van der Waals surface area contributed by atoms with Gasteiger partial charge in [-0.1, -0.05) is 23.4 Å². The van der Waals surface area contributed by atoms with E-state index in [0.29, 0.717) is 18.3 Å². The fourth-order valence-corrected chi connectivity index (χ4v) is 1.69. The Balaban J connectivity index is 2.00. The second kappa shape index (κ2) is 3.44. The van der Waals surface area contributed by atoms with Crippen LogP contribution in [0.3, 0.4) is 0 Å². The third-order valence-electron chi connectivity index (χ3n) is 2.41. The van der Waals surface area contributed by atoms with Gasteiger partial charge in [0.15, 0.2) is 5.82 Å². The summed E-state index contributed by atoms with van der Waals surface area (Å²) >= 11 is 0. The van der Waals surface area contributed by atoms with Crippen LogP contribution in [0.25, 0.3) is 10.9 Å². The molecule has 0 saturated heterocycles. The van der Waals surface area contributed by atoms with Crippen LogP contribution in [-0.4, -0.2) is 19.9 Å². The summed E-state index contributed by atoms with van der Waals surface area (Å²) in [5.41, 5.74) is 1.07. The van der Waals surface area contributed by atoms with Crippen LogP contribution in [0.1, 0.15) is 11.7 Å². The van der Waals surface area contributed by atoms with Crippen molar-refractivity contribution in [1.29, 1.82) is 0 Å². The first-order chi connectivity index (χ1) is 7.83. The van der Waals surface area contributed by atoms with E-state index in [-0.39, 0.29) is 0 Å². The van der Waals surface area contributed by atoms with Crippen molar-refractivity contribution in [3.8, 4) is 0 Å². The van der Waals surface area contributed by atoms with E-state index in [4.69, 9.17) is 4.52 Å². The number of hydrogen-bond donors (Lipinski definition) is 0. The van der Waals surface area contributed by atoms with Gasteiger partial charge in [-0.15, -0.1) is 0 Å². The lowest BCUT2D eigenvalue weighted by molar-refractivity contribution is 0.385. The molecule has 0 atom stereocenters. The molecule has 16 heavy (non-hydrogen) atoms. The highest BCUT2D eigenvalue weighted by molar-refractivity contribution is 5.78. The maximum absolute atomic E-state index is 4.92. The minimum Gasteiger partial charge on any atom is -0.340 e. The number of fused-ring (bicyclic) bond motifs is 1. The van der Waals surface area contributed by atoms with E-state index in [1.165, 1.54) is 0 Å². The lowest BCUT2D eigenvalue weighted by Gasteiger charge is -1.98. The first-order valence-electron chi connectivity index (χ1n) is 5.03. The predicted octanol–water partition coefficient (Wildman–Crippen LogP) is 1.78. The molecule has 2 heterocycles. The van der Waals surface area contributed by atoms with Gasteiger partial charge in [0.2, 0.25) is 5.89 Å². The highest BCUT2D eigenvalue weighted by atomic mass is 16.5. The molecule has 5 nitrogen and oxygen atoms in total. The van der Waals surface area contributed by atoms with Crippen LogP contribution in [0.2, 0.25) is 0 Å². The summed E-state index contributed by atoms with van der Waals surface area (Å²) in [5.74, 6) is 1.22. The average molecular weight is 214 g/mol. The first kappa shape index (κ1) is 9.08. The molecule has 0 aliphatic rings. The summed E-state index contributed by atoms with van der Waals surface area (Å²) in [4.78, 5) is 4.15. The Kier molecular flexibility index (Phi) is 1.96. The molecule has 0 bridgehead atoms. The number of hydrogen-bond acceptors (Lipinski definition) is 4. The van der Waals surface area contributed by atoms with Gasteiger partial charge in [0.25, 0.3) is 0 Å². The Bertz CT molecular complexity index is 625. The normalized spacial score (nSPS) is 11.1. The largest absolute Gasteiger partial charge is 0.340 e. The second-order valence-electron chi connectivity index (χ2n) is 3.59. The molecule has 1 aromatic carbocycles. The second-order valence-corrected chi connectivity index (χ2v) is 3.59. The zero-order chi connectivity index (χ0) is 11.0. The minimum absolute atomic E-state index is 0.533. The molecule has 0 saturated carbocycles. The lowest BCUT2D eigenvalue weighted by Crippen LogP contribution is -2.02. The Morgan fingerprint density at radius 3 is 3.00 bits per heavy atom. The molecule has 5 heteroatoms. The Hall–Kier alpha value is -2.17. The van der Waals surface area contributed by atoms with Gasteiger partial charge in [-0.3, -0.25) is 4.68 Å². The van der Waals surface area contributed by atoms with E-state index in [9.17, 15) is 0 Å². The highest BCUT2D eigenvalue weighted by Gasteiger charge is 2.06. The van der Waals surface area contributed by atoms with E-state index in [2.05, 4.69) is 15.2 Å². The van der Waals surface area contributed by atoms with Gasteiger partial charge in [0, 0.05) is 12.3 Å². The molecular weight excluding hydrogens is 204 g/mol. The lowest BCUT2D eigenvalue weighted by atomic mass is 10.2. The zero-order valence-corrected chi connectivity index (χ0v) is 8.79. The monoisotopic (exact) mass is 214 g/mol. The summed E-state index contributed by atoms with van der Waals surface area (Å²) in [7, 11) is 0. The van der Waals surface area contributed by atoms with Crippen LogP contribution in [0.4, 0.5) is 0 Å². The fraction of sp³-hybridized carbons (Fsp3) is 0.182. The van der Waals surface area contributed by atoms with Gasteiger partial charge in [0.05, 0.1) is 11.7 Å². The van der Waals surface area contributed by atoms with Crippen molar-refractivity contribution in [1.82, 2.24) is 19.9 Å². The molecule has 0 spiro atoms. The molecule has 0 aliphatic heterocycles. The molecule has 0 amide bonds. The number of aromatic nitrogens is 4. The first-order valence-corrected chi connectivity index (χ1v) is 5.03. The minimum atomic E-state index is 0.533. The third-order valence-corrected chi connectivity index (χ3v) is 2.41. The van der Waals surface area contributed by atoms with E-state index < -0.39 is 0 Å². The van der Waals surface area contributed by atoms with Crippen molar-refractivity contribution in [2.75, 3.05) is 0 Å². The van der Waals surface area contributed by atoms with Crippen molar-refractivity contribution >= 4 is 10.9 Å². The summed E-state index contributed by atoms with van der Waals surface area (Å²) in [6.45, 7) is 2.31. The summed E-state index contributed by atoms with van der Waals surface area (Å²) in [6, 6.07) is 8.03. The molecule has 0 aliphatic carbocycles. The molecule has 0 fully saturated rings. The Morgan fingerprint density at radius 2 is 2.19 bits per heavy atom. The summed E-state index contributed by atoms with van der Waals surface area (Å²) in [5, 5.41) is 9.26. The molecular formula is C11H10N4O. The van der Waals surface area contributed by atoms with E-state index in [1.54, 1.807) is 6.92 Å². The maximum Gasteiger partial charge on any atom is 0.223 e. The SMILES string of the molecule is Cc1nc(Cn2ncc3ccccc32)no1. The number of para-hydroxylation sites is 1. The van der Waals surface area contributed by atoms with Crippen LogP contribution in [0.5, 0.6) is 0 Å². The molecule has 0 N–H and O–H groups in total. The van der Waals surface area contributed by atoms with Gasteiger partial charge in [-0.25, -0.2) is 0 Å². The summed E-state index contributed by atoms with van der Waals surface area (Å²) < 4.78 is 6.78. The quantitative estimate of drug-likeness (QED) is 0.652. The molecule has 0 unspecified atom stereocenters. The zero-order valence-electron chi connectivity index (χ0n) is 8.79. The van der Waals surface area contributed by atoms with E-state index in [0.717, 1.165) is 10.9 Å². The average Bonchev–Trinajstić information content (AvgIpc) is 2.87. The predicted molar refractivity (Wildman–Crippen MR) is 57.9 cm³/mol. The van der Waals surface area contributed by atoms with Gasteiger partial charge < -0.3 is 4.52 Å². The van der Waals surface area contributed by atoms with Crippen LogP contribution >= 0.6 is 0 Å². The third kappa shape index (κ3) is 1.46. The smallest absolute Gasteiger partial charge is 0.223 e. The van der Waals surface area contributed by atoms with Crippen molar-refractivity contribution in [2.24, 2.45) is 0 Å². The van der Waals surface area contributed by atoms with Gasteiger partial charge in [-0.2, -0.15) is 10.1 Å². The topological polar surface area (TPSA) is 56.7 Å². The molecule has 0 radical (unpaired) electrons. The number of benzene rings is 1. The number of aryl methyl sites for hydroxylation is 1. The van der Waals surface area contributed by atoms with E-state index in [1.807, 2.05) is 35.1 Å². The van der Waals surface area contributed by atoms with Gasteiger partial charge >= 0.3 is 0 Å². The van der Waals surface area contributed by atoms with Crippen molar-refractivity contribution in [3.63, 3.8) is 0 Å². The standard InChI is InChI=1S/C11H10N4O/c1-8-13-11(14-16-8)7-15-10-5-3-2-4-9(10)6-12-15/h2-6H,7H2,1H3. The molecule has 3 aromatic rings. The number of rotatable bonds is 2. The molecule has 2 aromatic heterocycles. The Morgan fingerprint density at radius 1 is 1.31 bits per heavy atom. The number of nitrogens with zero attached hydrogens (tertiary/aromatic N) is 4. The van der Waals surface area contributed by atoms with Crippen LogP contribution in [0.15, 0.2) is 35.0 Å². The summed E-state index contributed by atoms with van der Waals surface area (Å²) in [6.07, 6.45) is 1.84. The van der Waals surface area contributed by atoms with E-state index >= 15 is 0 Å². The van der Waals surface area contributed by atoms with Gasteiger partial charge in [-0.05, 0) is 6.07 Å². The molecule has 80 valence electrons. The van der Waals surface area contributed by atoms with Gasteiger partial charge in [0.1, 0.15) is 6.54 Å². The molecule has 3 rings (SSSR count). The highest BCUT2D eigenvalue weighted by Crippen LogP contribution is 2.13. The Labute approximate surface area is 91.7 Å². The fourth-order valence-electron chi connectivity index (χ4n) is 1.69. The van der Waals surface area contributed by atoms with Crippen molar-refractivity contribution in [3.05, 3.63) is 42.2 Å². The maximum atomic E-state index is 4.92. The van der Waals surface area contributed by atoms with Crippen LogP contribution in [0, 0.1) is 6.92 Å². The van der Waals surface area contributed by atoms with Crippen LogP contribution < -0.4 is 0 Å². The van der Waals surface area contributed by atoms with Crippen molar-refractivity contribution in [2.45, 2.75) is 13.5 Å². The van der Waals surface area contributed by atoms with Crippen LogP contribution in [-0.2, 0) is 6.54 Å².